The van der Waals surface area contributed by atoms with E-state index < -0.39 is 0 Å². The summed E-state index contributed by atoms with van der Waals surface area (Å²) >= 11 is 7.73. The number of para-hydroxylation sites is 1. The highest BCUT2D eigenvalue weighted by Gasteiger charge is 2.29. The molecule has 1 saturated heterocycles. The maximum absolute atomic E-state index is 13.3. The van der Waals surface area contributed by atoms with Crippen molar-refractivity contribution in [3.05, 3.63) is 46.4 Å². The number of halogens is 1. The number of aryl methyl sites for hydroxylation is 2. The van der Waals surface area contributed by atoms with Gasteiger partial charge in [-0.2, -0.15) is 0 Å². The van der Waals surface area contributed by atoms with E-state index in [1.165, 1.54) is 11.3 Å². The summed E-state index contributed by atoms with van der Waals surface area (Å²) in [5, 5.41) is 1.22. The minimum atomic E-state index is -0.120. The van der Waals surface area contributed by atoms with Crippen molar-refractivity contribution in [1.82, 2.24) is 4.98 Å². The Hall–Kier alpha value is -1.89. The number of fused-ring (bicyclic) bond motifs is 1. The molecule has 1 aliphatic rings. The molecule has 0 saturated carbocycles. The van der Waals surface area contributed by atoms with Crippen LogP contribution in [-0.2, 0) is 4.74 Å². The van der Waals surface area contributed by atoms with Crippen LogP contribution in [-0.4, -0.2) is 30.1 Å². The number of aromatic nitrogens is 1. The molecular weight excluding hydrogens is 372 g/mol. The molecule has 0 spiro atoms. The molecule has 1 fully saturated rings. The quantitative estimate of drug-likeness (QED) is 0.630. The van der Waals surface area contributed by atoms with Gasteiger partial charge in [0.1, 0.15) is 17.0 Å². The first-order valence-corrected chi connectivity index (χ1v) is 9.78. The smallest absolute Gasteiger partial charge is 0.263 e. The maximum Gasteiger partial charge on any atom is 0.263 e. The molecule has 0 N–H and O–H groups in total. The second-order valence-corrected chi connectivity index (χ2v) is 7.88. The van der Waals surface area contributed by atoms with Crippen molar-refractivity contribution in [3.63, 3.8) is 0 Å². The fraction of sp³-hybridized carbons (Fsp3) is 0.368. The van der Waals surface area contributed by atoms with Crippen molar-refractivity contribution >= 4 is 44.2 Å². The van der Waals surface area contributed by atoms with Gasteiger partial charge in [-0.05, 0) is 44.9 Å². The Morgan fingerprint density at radius 2 is 2.27 bits per heavy atom. The van der Waals surface area contributed by atoms with Crippen molar-refractivity contribution < 1.29 is 13.9 Å². The van der Waals surface area contributed by atoms with E-state index in [1.807, 2.05) is 25.1 Å². The lowest BCUT2D eigenvalue weighted by molar-refractivity contribution is 0.0916. The van der Waals surface area contributed by atoms with E-state index in [2.05, 4.69) is 4.98 Å². The fourth-order valence-corrected chi connectivity index (χ4v) is 4.52. The molecule has 2 aromatic heterocycles. The number of anilines is 1. The first kappa shape index (κ1) is 17.5. The number of ether oxygens (including phenoxy) is 1. The van der Waals surface area contributed by atoms with Gasteiger partial charge in [0, 0.05) is 6.61 Å². The summed E-state index contributed by atoms with van der Waals surface area (Å²) in [5.74, 6) is 1.21. The van der Waals surface area contributed by atoms with Crippen LogP contribution in [0.2, 0.25) is 5.02 Å². The summed E-state index contributed by atoms with van der Waals surface area (Å²) < 4.78 is 12.3. The predicted octanol–water partition coefficient (Wildman–Crippen LogP) is 4.99. The Kier molecular flexibility index (Phi) is 4.73. The number of amides is 1. The molecule has 1 aliphatic heterocycles. The highest BCUT2D eigenvalue weighted by atomic mass is 35.5. The zero-order chi connectivity index (χ0) is 18.3. The number of rotatable bonds is 4. The Bertz CT molecular complexity index is 959. The second-order valence-electron chi connectivity index (χ2n) is 6.46. The summed E-state index contributed by atoms with van der Waals surface area (Å²) in [7, 11) is 0. The van der Waals surface area contributed by atoms with Crippen molar-refractivity contribution in [2.75, 3.05) is 18.1 Å². The zero-order valence-corrected chi connectivity index (χ0v) is 16.2. The van der Waals surface area contributed by atoms with E-state index >= 15 is 0 Å². The third-order valence-corrected chi connectivity index (χ3v) is 5.86. The number of hydrogen-bond donors (Lipinski definition) is 0. The van der Waals surface area contributed by atoms with Gasteiger partial charge in [-0.1, -0.05) is 29.0 Å². The number of carbonyl (C=O) groups excluding carboxylic acids is 1. The third-order valence-electron chi connectivity index (χ3n) is 4.52. The van der Waals surface area contributed by atoms with Gasteiger partial charge in [0.15, 0.2) is 5.13 Å². The Morgan fingerprint density at radius 1 is 1.42 bits per heavy atom. The first-order chi connectivity index (χ1) is 12.5. The number of thiazole rings is 1. The van der Waals surface area contributed by atoms with E-state index in [4.69, 9.17) is 20.8 Å². The van der Waals surface area contributed by atoms with Crippen LogP contribution >= 0.6 is 22.9 Å². The van der Waals surface area contributed by atoms with E-state index in [0.717, 1.165) is 35.4 Å². The molecule has 4 rings (SSSR count). The lowest BCUT2D eigenvalue weighted by Crippen LogP contribution is -2.37. The molecule has 136 valence electrons. The Morgan fingerprint density at radius 3 is 2.92 bits per heavy atom. The SMILES string of the molecule is Cc1cc(C(=O)N(C[C@H]2CCCO2)c2nc3c(Cl)cccc3s2)c(C)o1. The highest BCUT2D eigenvalue weighted by Crippen LogP contribution is 2.34. The van der Waals surface area contributed by atoms with Crippen LogP contribution in [0.25, 0.3) is 10.2 Å². The molecule has 5 nitrogen and oxygen atoms in total. The molecule has 0 unspecified atom stereocenters. The number of hydrogen-bond acceptors (Lipinski definition) is 5. The fourth-order valence-electron chi connectivity index (χ4n) is 3.25. The summed E-state index contributed by atoms with van der Waals surface area (Å²) in [6, 6.07) is 7.44. The van der Waals surface area contributed by atoms with Gasteiger partial charge >= 0.3 is 0 Å². The summed E-state index contributed by atoms with van der Waals surface area (Å²) in [6.07, 6.45) is 1.98. The van der Waals surface area contributed by atoms with Gasteiger partial charge < -0.3 is 9.15 Å². The number of furan rings is 1. The Labute approximate surface area is 160 Å². The van der Waals surface area contributed by atoms with Gasteiger partial charge in [0.25, 0.3) is 5.91 Å². The molecule has 0 radical (unpaired) electrons. The molecule has 3 heterocycles. The van der Waals surface area contributed by atoms with Crippen molar-refractivity contribution in [3.8, 4) is 0 Å². The molecule has 0 bridgehead atoms. The third kappa shape index (κ3) is 3.24. The predicted molar refractivity (Wildman–Crippen MR) is 103 cm³/mol. The van der Waals surface area contributed by atoms with Crippen LogP contribution < -0.4 is 4.90 Å². The van der Waals surface area contributed by atoms with Crippen molar-refractivity contribution in [1.29, 1.82) is 0 Å². The molecule has 26 heavy (non-hydrogen) atoms. The average Bonchev–Trinajstić information content (AvgIpc) is 3.32. The van der Waals surface area contributed by atoms with Gasteiger partial charge in [-0.25, -0.2) is 4.98 Å². The molecular formula is C19H19ClN2O3S. The number of benzene rings is 1. The van der Waals surface area contributed by atoms with E-state index in [9.17, 15) is 4.79 Å². The van der Waals surface area contributed by atoms with E-state index in [-0.39, 0.29) is 12.0 Å². The number of carbonyl (C=O) groups is 1. The molecule has 1 amide bonds. The van der Waals surface area contributed by atoms with Gasteiger partial charge in [0.2, 0.25) is 0 Å². The van der Waals surface area contributed by atoms with Crippen LogP contribution in [0.15, 0.2) is 28.7 Å². The standard InChI is InChI=1S/C19H19ClN2O3S/c1-11-9-14(12(2)25-11)18(23)22(10-13-5-4-8-24-13)19-21-17-15(20)6-3-7-16(17)26-19/h3,6-7,9,13H,4-5,8,10H2,1-2H3/t13-/m1/s1. The first-order valence-electron chi connectivity index (χ1n) is 8.58. The van der Waals surface area contributed by atoms with Crippen LogP contribution in [0.5, 0.6) is 0 Å². The normalized spacial score (nSPS) is 17.1. The topological polar surface area (TPSA) is 55.6 Å². The van der Waals surface area contributed by atoms with E-state index in [0.29, 0.717) is 28.0 Å². The van der Waals surface area contributed by atoms with Crippen molar-refractivity contribution in [2.24, 2.45) is 0 Å². The summed E-state index contributed by atoms with van der Waals surface area (Å²) in [4.78, 5) is 19.6. The van der Waals surface area contributed by atoms with Crippen molar-refractivity contribution in [2.45, 2.75) is 32.8 Å². The molecule has 1 aromatic carbocycles. The van der Waals surface area contributed by atoms with E-state index in [1.54, 1.807) is 17.9 Å². The minimum Gasteiger partial charge on any atom is -0.466 e. The molecule has 3 aromatic rings. The molecule has 1 atom stereocenters. The van der Waals surface area contributed by atoms with Gasteiger partial charge in [-0.3, -0.25) is 9.69 Å². The maximum atomic E-state index is 13.3. The highest BCUT2D eigenvalue weighted by molar-refractivity contribution is 7.22. The van der Waals surface area contributed by atoms with Crippen LogP contribution in [0.3, 0.4) is 0 Å². The largest absolute Gasteiger partial charge is 0.466 e. The molecule has 0 aliphatic carbocycles. The zero-order valence-electron chi connectivity index (χ0n) is 14.6. The summed E-state index contributed by atoms with van der Waals surface area (Å²) in [6.45, 7) is 4.85. The monoisotopic (exact) mass is 390 g/mol. The van der Waals surface area contributed by atoms with Gasteiger partial charge in [0.05, 0.1) is 27.9 Å². The molecule has 7 heteroatoms. The minimum absolute atomic E-state index is 0.0229. The average molecular weight is 391 g/mol. The van der Waals surface area contributed by atoms with Crippen LogP contribution in [0.4, 0.5) is 5.13 Å². The number of nitrogens with zero attached hydrogens (tertiary/aromatic N) is 2. The second kappa shape index (κ2) is 7.02. The van der Waals surface area contributed by atoms with Crippen LogP contribution in [0, 0.1) is 13.8 Å². The van der Waals surface area contributed by atoms with Gasteiger partial charge in [-0.15, -0.1) is 0 Å². The lowest BCUT2D eigenvalue weighted by atomic mass is 10.2. The lowest BCUT2D eigenvalue weighted by Gasteiger charge is -2.22. The summed E-state index contributed by atoms with van der Waals surface area (Å²) in [5.41, 5.74) is 1.28. The van der Waals surface area contributed by atoms with Crippen LogP contribution in [0.1, 0.15) is 34.7 Å². The Balaban J connectivity index is 1.75.